The summed E-state index contributed by atoms with van der Waals surface area (Å²) in [6.07, 6.45) is 8.16. The molecule has 0 amide bonds. The quantitative estimate of drug-likeness (QED) is 0.838. The fraction of sp³-hybridized carbons (Fsp3) is 0.941. The third kappa shape index (κ3) is 2.98. The zero-order valence-electron chi connectivity index (χ0n) is 13.1. The lowest BCUT2D eigenvalue weighted by Gasteiger charge is -2.50. The van der Waals surface area contributed by atoms with Crippen LogP contribution in [0.3, 0.4) is 0 Å². The maximum Gasteiger partial charge on any atom is 0.309 e. The smallest absolute Gasteiger partial charge is 0.309 e. The van der Waals surface area contributed by atoms with Crippen molar-refractivity contribution in [3.8, 4) is 0 Å². The molecule has 1 saturated carbocycles. The minimum atomic E-state index is -0.540. The molecule has 0 bridgehead atoms. The Hall–Kier alpha value is -0.220. The van der Waals surface area contributed by atoms with Gasteiger partial charge in [0, 0.05) is 6.61 Å². The Morgan fingerprint density at radius 3 is 2.62 bits per heavy atom. The number of carbonyl (C=O) groups is 1. The van der Waals surface area contributed by atoms with Crippen molar-refractivity contribution in [1.29, 1.82) is 0 Å². The first-order valence-electron chi connectivity index (χ1n) is 8.51. The van der Waals surface area contributed by atoms with Crippen LogP contribution in [0.25, 0.3) is 0 Å². The second-order valence-corrected chi connectivity index (χ2v) is 8.72. The molecule has 1 N–H and O–H groups in total. The molecule has 1 spiro atoms. The predicted octanol–water partition coefficient (Wildman–Crippen LogP) is 3.96. The second kappa shape index (κ2) is 6.11. The van der Waals surface area contributed by atoms with Crippen LogP contribution in [0.4, 0.5) is 0 Å². The maximum atomic E-state index is 12.1. The van der Waals surface area contributed by atoms with Gasteiger partial charge in [0.15, 0.2) is 0 Å². The van der Waals surface area contributed by atoms with Crippen molar-refractivity contribution in [3.05, 3.63) is 0 Å². The fourth-order valence-electron chi connectivity index (χ4n) is 4.92. The molecule has 1 aliphatic carbocycles. The lowest BCUT2D eigenvalue weighted by molar-refractivity contribution is -0.170. The number of carboxylic acid groups (broad SMARTS) is 1. The van der Waals surface area contributed by atoms with Crippen LogP contribution in [0.15, 0.2) is 0 Å². The molecule has 0 aromatic heterocycles. The molecule has 0 radical (unpaired) electrons. The molecule has 2 aliphatic heterocycles. The Morgan fingerprint density at radius 2 is 1.95 bits per heavy atom. The van der Waals surface area contributed by atoms with Crippen LogP contribution in [0, 0.1) is 17.3 Å². The van der Waals surface area contributed by atoms with Crippen molar-refractivity contribution in [2.75, 3.05) is 18.1 Å². The topological polar surface area (TPSA) is 46.5 Å². The first-order valence-corrected chi connectivity index (χ1v) is 9.67. The zero-order chi connectivity index (χ0) is 14.9. The van der Waals surface area contributed by atoms with Crippen LogP contribution in [-0.2, 0) is 9.53 Å². The van der Waals surface area contributed by atoms with Crippen LogP contribution in [0.1, 0.15) is 58.3 Å². The van der Waals surface area contributed by atoms with E-state index in [1.807, 2.05) is 11.8 Å². The third-order valence-electron chi connectivity index (χ3n) is 6.14. The fourth-order valence-corrected chi connectivity index (χ4v) is 6.16. The number of ether oxygens (including phenoxy) is 1. The van der Waals surface area contributed by atoms with Gasteiger partial charge >= 0.3 is 5.97 Å². The number of hydrogen-bond acceptors (Lipinski definition) is 3. The average Bonchev–Trinajstić information content (AvgIpc) is 2.48. The summed E-state index contributed by atoms with van der Waals surface area (Å²) in [5.41, 5.74) is -0.476. The minimum Gasteiger partial charge on any atom is -0.481 e. The van der Waals surface area contributed by atoms with Crippen molar-refractivity contribution in [3.63, 3.8) is 0 Å². The van der Waals surface area contributed by atoms with Gasteiger partial charge in [-0.25, -0.2) is 0 Å². The van der Waals surface area contributed by atoms with E-state index in [-0.39, 0.29) is 5.60 Å². The van der Waals surface area contributed by atoms with E-state index in [1.165, 1.54) is 17.9 Å². The van der Waals surface area contributed by atoms with Gasteiger partial charge in [-0.3, -0.25) is 4.79 Å². The zero-order valence-corrected chi connectivity index (χ0v) is 13.9. The highest BCUT2D eigenvalue weighted by atomic mass is 32.2. The van der Waals surface area contributed by atoms with Crippen LogP contribution in [-0.4, -0.2) is 34.8 Å². The van der Waals surface area contributed by atoms with Gasteiger partial charge in [0.2, 0.25) is 0 Å². The summed E-state index contributed by atoms with van der Waals surface area (Å²) in [4.78, 5) is 12.1. The summed E-state index contributed by atoms with van der Waals surface area (Å²) in [6.45, 7) is 2.99. The highest BCUT2D eigenvalue weighted by Crippen LogP contribution is 2.52. The molecule has 3 fully saturated rings. The molecule has 2 heterocycles. The lowest BCUT2D eigenvalue weighted by Crippen LogP contribution is -2.51. The third-order valence-corrected chi connectivity index (χ3v) is 7.12. The Kier molecular flexibility index (Phi) is 4.56. The summed E-state index contributed by atoms with van der Waals surface area (Å²) in [5.74, 6) is 2.67. The SMILES string of the molecule is CC1CCCC(C(=O)O)(C2CCOC3(CCSCC3)C2)C1. The highest BCUT2D eigenvalue weighted by Gasteiger charge is 2.52. The van der Waals surface area contributed by atoms with Crippen molar-refractivity contribution < 1.29 is 14.6 Å². The average molecular weight is 312 g/mol. The van der Waals surface area contributed by atoms with Gasteiger partial charge in [-0.2, -0.15) is 11.8 Å². The molecule has 2 saturated heterocycles. The summed E-state index contributed by atoms with van der Waals surface area (Å²) < 4.78 is 6.17. The molecule has 4 heteroatoms. The van der Waals surface area contributed by atoms with Crippen molar-refractivity contribution >= 4 is 17.7 Å². The molecule has 0 aromatic carbocycles. The molecule has 3 atom stereocenters. The number of carboxylic acids is 1. The lowest BCUT2D eigenvalue weighted by atomic mass is 9.59. The first kappa shape index (κ1) is 15.7. The first-order chi connectivity index (χ1) is 10.1. The van der Waals surface area contributed by atoms with Gasteiger partial charge in [0.25, 0.3) is 0 Å². The van der Waals surface area contributed by atoms with E-state index in [2.05, 4.69) is 6.92 Å². The molecular formula is C17H28O3S. The van der Waals surface area contributed by atoms with Gasteiger partial charge in [-0.15, -0.1) is 0 Å². The Labute approximate surface area is 132 Å². The van der Waals surface area contributed by atoms with E-state index >= 15 is 0 Å². The van der Waals surface area contributed by atoms with E-state index in [1.54, 1.807) is 0 Å². The van der Waals surface area contributed by atoms with Crippen LogP contribution in [0.2, 0.25) is 0 Å². The van der Waals surface area contributed by atoms with Crippen molar-refractivity contribution in [2.45, 2.75) is 63.9 Å². The standard InChI is InChI=1S/C17H28O3S/c1-13-3-2-5-17(11-13,15(18)19)14-4-8-20-16(12-14)6-9-21-10-7-16/h13-14H,2-12H2,1H3,(H,18,19). The summed E-state index contributed by atoms with van der Waals surface area (Å²) >= 11 is 2.01. The number of aliphatic carboxylic acids is 1. The van der Waals surface area contributed by atoms with Crippen LogP contribution < -0.4 is 0 Å². The molecule has 3 aliphatic rings. The number of thioether (sulfide) groups is 1. The Morgan fingerprint density at radius 1 is 1.19 bits per heavy atom. The van der Waals surface area contributed by atoms with Crippen LogP contribution in [0.5, 0.6) is 0 Å². The Bertz CT molecular complexity index is 386. The predicted molar refractivity (Wildman–Crippen MR) is 85.7 cm³/mol. The number of hydrogen-bond donors (Lipinski definition) is 1. The largest absolute Gasteiger partial charge is 0.481 e. The molecule has 3 nitrogen and oxygen atoms in total. The van der Waals surface area contributed by atoms with Gasteiger partial charge in [-0.1, -0.05) is 19.8 Å². The second-order valence-electron chi connectivity index (χ2n) is 7.50. The molecule has 120 valence electrons. The van der Waals surface area contributed by atoms with Gasteiger partial charge in [0.05, 0.1) is 11.0 Å². The monoisotopic (exact) mass is 312 g/mol. The molecule has 21 heavy (non-hydrogen) atoms. The summed E-state index contributed by atoms with van der Waals surface area (Å²) in [5, 5.41) is 10.0. The maximum absolute atomic E-state index is 12.1. The summed E-state index contributed by atoms with van der Waals surface area (Å²) in [7, 11) is 0. The van der Waals surface area contributed by atoms with Crippen LogP contribution >= 0.6 is 11.8 Å². The van der Waals surface area contributed by atoms with E-state index in [4.69, 9.17) is 4.74 Å². The molecule has 3 rings (SSSR count). The minimum absolute atomic E-state index is 0.00268. The van der Waals surface area contributed by atoms with Crippen molar-refractivity contribution in [1.82, 2.24) is 0 Å². The van der Waals surface area contributed by atoms with E-state index in [9.17, 15) is 9.90 Å². The molecule has 0 aromatic rings. The van der Waals surface area contributed by atoms with E-state index < -0.39 is 11.4 Å². The number of rotatable bonds is 2. The molecular weight excluding hydrogens is 284 g/mol. The van der Waals surface area contributed by atoms with Crippen molar-refractivity contribution in [2.24, 2.45) is 17.3 Å². The molecule has 3 unspecified atom stereocenters. The normalized spacial score (nSPS) is 40.0. The highest BCUT2D eigenvalue weighted by molar-refractivity contribution is 7.99. The van der Waals surface area contributed by atoms with Gasteiger partial charge in [-0.05, 0) is 61.9 Å². The van der Waals surface area contributed by atoms with E-state index in [0.29, 0.717) is 11.8 Å². The van der Waals surface area contributed by atoms with E-state index in [0.717, 1.165) is 51.6 Å². The summed E-state index contributed by atoms with van der Waals surface area (Å²) in [6, 6.07) is 0. The Balaban J connectivity index is 1.80. The van der Waals surface area contributed by atoms with Gasteiger partial charge < -0.3 is 9.84 Å². The van der Waals surface area contributed by atoms with Gasteiger partial charge in [0.1, 0.15) is 0 Å².